The molecule has 1 aliphatic carbocycles. The van der Waals surface area contributed by atoms with E-state index < -0.39 is 5.97 Å². The molecule has 5 nitrogen and oxygen atoms in total. The first-order valence-corrected chi connectivity index (χ1v) is 8.68. The number of hydrogen-bond donors (Lipinski definition) is 3. The molecule has 1 saturated carbocycles. The first-order chi connectivity index (χ1) is 9.60. The van der Waals surface area contributed by atoms with Gasteiger partial charge in [-0.2, -0.15) is 11.8 Å². The molecule has 1 fully saturated rings. The Morgan fingerprint density at radius 1 is 1.35 bits per heavy atom. The van der Waals surface area contributed by atoms with Crippen LogP contribution in [-0.2, 0) is 0 Å². The maximum absolute atomic E-state index is 11.9. The third kappa shape index (κ3) is 3.89. The van der Waals surface area contributed by atoms with Gasteiger partial charge in [-0.1, -0.05) is 0 Å². The van der Waals surface area contributed by atoms with Gasteiger partial charge in [-0.15, -0.1) is 11.3 Å². The number of carbonyl (C=O) groups is 2. The summed E-state index contributed by atoms with van der Waals surface area (Å²) in [5.74, 6) is -1.03. The Hall–Kier alpha value is -1.21. The molecule has 1 aromatic heterocycles. The summed E-state index contributed by atoms with van der Waals surface area (Å²) in [7, 11) is 0. The summed E-state index contributed by atoms with van der Waals surface area (Å²) >= 11 is 3.10. The van der Waals surface area contributed by atoms with E-state index in [1.165, 1.54) is 17.4 Å². The standard InChI is InChI=1S/C13H18N2O3S2/c1-19-9-4-2-8(3-5-9)14-13(18)15-11-10(12(16)17)6-7-20-11/h6-9H,2-5H2,1H3,(H,16,17)(H2,14,15,18). The summed E-state index contributed by atoms with van der Waals surface area (Å²) in [6.07, 6.45) is 6.32. The van der Waals surface area contributed by atoms with Gasteiger partial charge in [0.25, 0.3) is 0 Å². The molecule has 0 atom stereocenters. The maximum Gasteiger partial charge on any atom is 0.338 e. The first-order valence-electron chi connectivity index (χ1n) is 6.51. The lowest BCUT2D eigenvalue weighted by Crippen LogP contribution is -2.40. The van der Waals surface area contributed by atoms with Gasteiger partial charge in [0.15, 0.2) is 0 Å². The van der Waals surface area contributed by atoms with Crippen molar-refractivity contribution in [3.63, 3.8) is 0 Å². The lowest BCUT2D eigenvalue weighted by Gasteiger charge is -2.27. The molecule has 0 radical (unpaired) electrons. The van der Waals surface area contributed by atoms with E-state index in [-0.39, 0.29) is 17.6 Å². The molecule has 0 saturated heterocycles. The Labute approximate surface area is 126 Å². The number of anilines is 1. The summed E-state index contributed by atoms with van der Waals surface area (Å²) in [4.78, 5) is 22.8. The van der Waals surface area contributed by atoms with Crippen molar-refractivity contribution in [3.8, 4) is 0 Å². The third-order valence-electron chi connectivity index (χ3n) is 3.47. The minimum absolute atomic E-state index is 0.135. The molecule has 20 heavy (non-hydrogen) atoms. The van der Waals surface area contributed by atoms with Crippen molar-refractivity contribution in [3.05, 3.63) is 17.0 Å². The molecule has 0 unspecified atom stereocenters. The molecule has 0 aliphatic heterocycles. The second-order valence-corrected chi connectivity index (χ2v) is 6.83. The van der Waals surface area contributed by atoms with Crippen LogP contribution in [0, 0.1) is 0 Å². The lowest BCUT2D eigenvalue weighted by molar-refractivity contribution is 0.0698. The number of carboxylic acids is 1. The van der Waals surface area contributed by atoms with Crippen LogP contribution in [-0.4, -0.2) is 34.7 Å². The van der Waals surface area contributed by atoms with E-state index in [0.29, 0.717) is 10.3 Å². The van der Waals surface area contributed by atoms with Crippen molar-refractivity contribution < 1.29 is 14.7 Å². The second kappa shape index (κ2) is 6.99. The third-order valence-corrected chi connectivity index (χ3v) is 5.43. The van der Waals surface area contributed by atoms with Gasteiger partial charge in [-0.25, -0.2) is 9.59 Å². The van der Waals surface area contributed by atoms with Crippen molar-refractivity contribution in [1.29, 1.82) is 0 Å². The minimum atomic E-state index is -1.03. The Bertz CT molecular complexity index is 482. The van der Waals surface area contributed by atoms with Crippen molar-refractivity contribution in [2.45, 2.75) is 37.0 Å². The van der Waals surface area contributed by atoms with Crippen LogP contribution in [0.25, 0.3) is 0 Å². The highest BCUT2D eigenvalue weighted by Crippen LogP contribution is 2.27. The molecule has 1 heterocycles. The molecular weight excluding hydrogens is 296 g/mol. The number of thiophene rings is 1. The monoisotopic (exact) mass is 314 g/mol. The zero-order valence-corrected chi connectivity index (χ0v) is 12.9. The predicted octanol–water partition coefficient (Wildman–Crippen LogP) is 3.24. The molecule has 0 aromatic carbocycles. The van der Waals surface area contributed by atoms with Gasteiger partial charge in [0.1, 0.15) is 5.00 Å². The van der Waals surface area contributed by atoms with E-state index in [9.17, 15) is 9.59 Å². The zero-order chi connectivity index (χ0) is 14.5. The van der Waals surface area contributed by atoms with Crippen molar-refractivity contribution in [1.82, 2.24) is 5.32 Å². The molecule has 1 aliphatic rings. The van der Waals surface area contributed by atoms with Gasteiger partial charge < -0.3 is 10.4 Å². The largest absolute Gasteiger partial charge is 0.478 e. The van der Waals surface area contributed by atoms with Crippen LogP contribution in [0.3, 0.4) is 0 Å². The van der Waals surface area contributed by atoms with Crippen LogP contribution in [0.1, 0.15) is 36.0 Å². The minimum Gasteiger partial charge on any atom is -0.478 e. The molecular formula is C13H18N2O3S2. The molecule has 2 amide bonds. The Morgan fingerprint density at radius 2 is 2.05 bits per heavy atom. The number of urea groups is 1. The predicted molar refractivity (Wildman–Crippen MR) is 83.0 cm³/mol. The topological polar surface area (TPSA) is 78.4 Å². The smallest absolute Gasteiger partial charge is 0.338 e. The highest BCUT2D eigenvalue weighted by Gasteiger charge is 2.22. The number of amides is 2. The number of rotatable bonds is 4. The second-order valence-electron chi connectivity index (χ2n) is 4.78. The quantitative estimate of drug-likeness (QED) is 0.797. The lowest BCUT2D eigenvalue weighted by atomic mass is 9.95. The van der Waals surface area contributed by atoms with Crippen molar-refractivity contribution in [2.75, 3.05) is 11.6 Å². The average Bonchev–Trinajstić information content (AvgIpc) is 2.87. The Balaban J connectivity index is 1.84. The average molecular weight is 314 g/mol. The van der Waals surface area contributed by atoms with E-state index >= 15 is 0 Å². The van der Waals surface area contributed by atoms with Gasteiger partial charge in [0.05, 0.1) is 5.56 Å². The van der Waals surface area contributed by atoms with Crippen LogP contribution in [0.2, 0.25) is 0 Å². The van der Waals surface area contributed by atoms with E-state index in [1.54, 1.807) is 5.38 Å². The summed E-state index contributed by atoms with van der Waals surface area (Å²) in [6.45, 7) is 0. The zero-order valence-electron chi connectivity index (χ0n) is 11.2. The van der Waals surface area contributed by atoms with Gasteiger partial charge in [-0.3, -0.25) is 5.32 Å². The van der Waals surface area contributed by atoms with Crippen LogP contribution in [0.15, 0.2) is 11.4 Å². The van der Waals surface area contributed by atoms with Crippen molar-refractivity contribution in [2.24, 2.45) is 0 Å². The van der Waals surface area contributed by atoms with Gasteiger partial charge in [0.2, 0.25) is 0 Å². The fourth-order valence-electron chi connectivity index (χ4n) is 2.34. The summed E-state index contributed by atoms with van der Waals surface area (Å²) in [5.41, 5.74) is 0.135. The number of carboxylic acid groups (broad SMARTS) is 1. The molecule has 7 heteroatoms. The first kappa shape index (κ1) is 15.2. The molecule has 110 valence electrons. The number of hydrogen-bond acceptors (Lipinski definition) is 4. The highest BCUT2D eigenvalue weighted by atomic mass is 32.2. The Kier molecular flexibility index (Phi) is 5.31. The molecule has 3 N–H and O–H groups in total. The van der Waals surface area contributed by atoms with Gasteiger partial charge in [-0.05, 0) is 43.4 Å². The highest BCUT2D eigenvalue weighted by molar-refractivity contribution is 7.99. The number of nitrogens with one attached hydrogen (secondary N) is 2. The fraction of sp³-hybridized carbons (Fsp3) is 0.538. The molecule has 0 bridgehead atoms. The van der Waals surface area contributed by atoms with Crippen LogP contribution in [0.5, 0.6) is 0 Å². The van der Waals surface area contributed by atoms with E-state index in [2.05, 4.69) is 16.9 Å². The van der Waals surface area contributed by atoms with Gasteiger partial charge in [0, 0.05) is 11.3 Å². The SMILES string of the molecule is CSC1CCC(NC(=O)Nc2sccc2C(=O)O)CC1. The van der Waals surface area contributed by atoms with Crippen LogP contribution in [0.4, 0.5) is 9.80 Å². The van der Waals surface area contributed by atoms with Crippen LogP contribution < -0.4 is 10.6 Å². The van der Waals surface area contributed by atoms with Gasteiger partial charge >= 0.3 is 12.0 Å². The van der Waals surface area contributed by atoms with Crippen molar-refractivity contribution >= 4 is 40.1 Å². The summed E-state index contributed by atoms with van der Waals surface area (Å²) < 4.78 is 0. The normalized spacial score (nSPS) is 22.2. The van der Waals surface area contributed by atoms with E-state index in [0.717, 1.165) is 25.7 Å². The fourth-order valence-corrected chi connectivity index (χ4v) is 3.86. The molecule has 0 spiro atoms. The summed E-state index contributed by atoms with van der Waals surface area (Å²) in [5, 5.41) is 17.3. The number of aromatic carboxylic acids is 1. The Morgan fingerprint density at radius 3 is 2.65 bits per heavy atom. The molecule has 1 aromatic rings. The summed E-state index contributed by atoms with van der Waals surface area (Å²) in [6, 6.07) is 1.36. The van der Waals surface area contributed by atoms with E-state index in [4.69, 9.17) is 5.11 Å². The van der Waals surface area contributed by atoms with E-state index in [1.807, 2.05) is 11.8 Å². The molecule has 2 rings (SSSR count). The number of thioether (sulfide) groups is 1. The maximum atomic E-state index is 11.9. The van der Waals surface area contributed by atoms with Crippen LogP contribution >= 0.6 is 23.1 Å². The number of carbonyl (C=O) groups excluding carboxylic acids is 1.